The average molecular weight is 198 g/mol. The molecule has 0 aliphatic carbocycles. The van der Waals surface area contributed by atoms with E-state index in [-0.39, 0.29) is 5.60 Å². The summed E-state index contributed by atoms with van der Waals surface area (Å²) >= 11 is 1.72. The molecule has 0 saturated heterocycles. The highest BCUT2D eigenvalue weighted by Gasteiger charge is 2.23. The lowest BCUT2D eigenvalue weighted by Crippen LogP contribution is -2.25. The highest BCUT2D eigenvalue weighted by atomic mass is 32.1. The number of thiophene rings is 1. The van der Waals surface area contributed by atoms with E-state index < -0.39 is 0 Å². The third kappa shape index (κ3) is 2.82. The van der Waals surface area contributed by atoms with Gasteiger partial charge in [0.2, 0.25) is 0 Å². The van der Waals surface area contributed by atoms with E-state index in [0.29, 0.717) is 6.10 Å². The lowest BCUT2D eigenvalue weighted by atomic mass is 10.0. The molecule has 13 heavy (non-hydrogen) atoms. The van der Waals surface area contributed by atoms with Crippen LogP contribution in [0.3, 0.4) is 0 Å². The highest BCUT2D eigenvalue weighted by Crippen LogP contribution is 2.28. The zero-order valence-electron chi connectivity index (χ0n) is 8.83. The molecule has 0 aliphatic heterocycles. The normalized spacial score (nSPS) is 14.5. The third-order valence-electron chi connectivity index (χ3n) is 2.29. The summed E-state index contributed by atoms with van der Waals surface area (Å²) in [6, 6.07) is 2.13. The minimum absolute atomic E-state index is 0.143. The molecule has 1 heterocycles. The molecule has 0 radical (unpaired) electrons. The molecule has 0 bridgehead atoms. The lowest BCUT2D eigenvalue weighted by molar-refractivity contribution is -0.0689. The lowest BCUT2D eigenvalue weighted by Gasteiger charge is -2.28. The Morgan fingerprint density at radius 2 is 2.23 bits per heavy atom. The van der Waals surface area contributed by atoms with E-state index in [4.69, 9.17) is 4.74 Å². The van der Waals surface area contributed by atoms with Gasteiger partial charge in [-0.05, 0) is 49.6 Å². The monoisotopic (exact) mass is 198 g/mol. The van der Waals surface area contributed by atoms with Gasteiger partial charge in [-0.15, -0.1) is 0 Å². The zero-order valence-corrected chi connectivity index (χ0v) is 9.65. The second-order valence-corrected chi connectivity index (χ2v) is 4.64. The van der Waals surface area contributed by atoms with Gasteiger partial charge < -0.3 is 4.74 Å². The van der Waals surface area contributed by atoms with Crippen molar-refractivity contribution in [2.24, 2.45) is 0 Å². The van der Waals surface area contributed by atoms with E-state index in [1.807, 2.05) is 0 Å². The van der Waals surface area contributed by atoms with Gasteiger partial charge in [0.1, 0.15) is 0 Å². The predicted molar refractivity (Wildman–Crippen MR) is 58.2 cm³/mol. The molecule has 0 amide bonds. The van der Waals surface area contributed by atoms with Gasteiger partial charge in [-0.3, -0.25) is 0 Å². The van der Waals surface area contributed by atoms with Crippen LogP contribution in [0.5, 0.6) is 0 Å². The molecule has 74 valence electrons. The van der Waals surface area contributed by atoms with Crippen molar-refractivity contribution in [1.82, 2.24) is 0 Å². The van der Waals surface area contributed by atoms with Gasteiger partial charge in [0.15, 0.2) is 0 Å². The van der Waals surface area contributed by atoms with Crippen molar-refractivity contribution in [3.8, 4) is 0 Å². The minimum atomic E-state index is -0.143. The second kappa shape index (κ2) is 4.25. The van der Waals surface area contributed by atoms with Crippen molar-refractivity contribution in [2.75, 3.05) is 0 Å². The van der Waals surface area contributed by atoms with Gasteiger partial charge in [0, 0.05) is 0 Å². The Balaban J connectivity index is 2.66. The van der Waals surface area contributed by atoms with Crippen LogP contribution in [0.1, 0.15) is 39.7 Å². The van der Waals surface area contributed by atoms with Crippen molar-refractivity contribution in [2.45, 2.75) is 45.8 Å². The molecule has 0 fully saturated rings. The smallest absolute Gasteiger partial charge is 0.0886 e. The molecule has 2 heteroatoms. The van der Waals surface area contributed by atoms with Crippen molar-refractivity contribution >= 4 is 11.3 Å². The van der Waals surface area contributed by atoms with Crippen LogP contribution in [-0.4, -0.2) is 6.10 Å². The molecule has 1 nitrogen and oxygen atoms in total. The van der Waals surface area contributed by atoms with Gasteiger partial charge in [-0.25, -0.2) is 0 Å². The molecular weight excluding hydrogens is 180 g/mol. The number of hydrogen-bond acceptors (Lipinski definition) is 2. The largest absolute Gasteiger partial charge is 0.368 e. The molecule has 1 unspecified atom stereocenters. The second-order valence-electron chi connectivity index (χ2n) is 3.86. The summed E-state index contributed by atoms with van der Waals surface area (Å²) in [5.41, 5.74) is 1.13. The standard InChI is InChI=1S/C11H18OS/c1-5-9(2)12-11(3,4)10-6-7-13-8-10/h6-9H,5H2,1-4H3. The van der Waals surface area contributed by atoms with Crippen molar-refractivity contribution < 1.29 is 4.74 Å². The van der Waals surface area contributed by atoms with Crippen LogP contribution < -0.4 is 0 Å². The number of rotatable bonds is 4. The maximum atomic E-state index is 5.94. The molecule has 0 saturated carbocycles. The Hall–Kier alpha value is -0.340. The fraction of sp³-hybridized carbons (Fsp3) is 0.636. The maximum absolute atomic E-state index is 5.94. The molecule has 1 aromatic rings. The fourth-order valence-electron chi connectivity index (χ4n) is 1.26. The first-order valence-corrected chi connectivity index (χ1v) is 5.71. The fourth-order valence-corrected chi connectivity index (χ4v) is 2.07. The Bertz CT molecular complexity index is 239. The van der Waals surface area contributed by atoms with Crippen LogP contribution in [0.15, 0.2) is 16.8 Å². The summed E-state index contributed by atoms with van der Waals surface area (Å²) in [5, 5.41) is 4.25. The van der Waals surface area contributed by atoms with Crippen molar-refractivity contribution in [3.63, 3.8) is 0 Å². The molecule has 1 aromatic heterocycles. The predicted octanol–water partition coefficient (Wildman–Crippen LogP) is 3.80. The molecule has 0 aromatic carbocycles. The SMILES string of the molecule is CCC(C)OC(C)(C)c1ccsc1. The number of ether oxygens (including phenoxy) is 1. The summed E-state index contributed by atoms with van der Waals surface area (Å²) in [7, 11) is 0. The molecule has 0 aliphatic rings. The summed E-state index contributed by atoms with van der Waals surface area (Å²) in [6.07, 6.45) is 1.39. The summed E-state index contributed by atoms with van der Waals surface area (Å²) < 4.78 is 5.94. The molecule has 0 N–H and O–H groups in total. The highest BCUT2D eigenvalue weighted by molar-refractivity contribution is 7.08. The third-order valence-corrected chi connectivity index (χ3v) is 2.97. The Morgan fingerprint density at radius 3 is 2.69 bits per heavy atom. The summed E-state index contributed by atoms with van der Waals surface area (Å²) in [6.45, 7) is 8.52. The zero-order chi connectivity index (χ0) is 9.90. The van der Waals surface area contributed by atoms with Crippen LogP contribution in [0, 0.1) is 0 Å². The van der Waals surface area contributed by atoms with Crippen LogP contribution in [0.4, 0.5) is 0 Å². The van der Waals surface area contributed by atoms with E-state index in [1.54, 1.807) is 11.3 Å². The first-order chi connectivity index (χ1) is 6.06. The van der Waals surface area contributed by atoms with Crippen LogP contribution in [-0.2, 0) is 10.3 Å². The first kappa shape index (κ1) is 10.7. The van der Waals surface area contributed by atoms with Crippen molar-refractivity contribution in [1.29, 1.82) is 0 Å². The van der Waals surface area contributed by atoms with Gasteiger partial charge in [-0.2, -0.15) is 11.3 Å². The molecule has 1 atom stereocenters. The van der Waals surface area contributed by atoms with E-state index in [0.717, 1.165) is 6.42 Å². The summed E-state index contributed by atoms with van der Waals surface area (Å²) in [4.78, 5) is 0. The molecule has 0 spiro atoms. The topological polar surface area (TPSA) is 9.23 Å². The van der Waals surface area contributed by atoms with Crippen LogP contribution >= 0.6 is 11.3 Å². The summed E-state index contributed by atoms with van der Waals surface area (Å²) in [5.74, 6) is 0. The van der Waals surface area contributed by atoms with E-state index in [2.05, 4.69) is 44.5 Å². The van der Waals surface area contributed by atoms with Gasteiger partial charge in [0.25, 0.3) is 0 Å². The van der Waals surface area contributed by atoms with Gasteiger partial charge in [-0.1, -0.05) is 6.92 Å². The maximum Gasteiger partial charge on any atom is 0.0886 e. The van der Waals surface area contributed by atoms with E-state index in [9.17, 15) is 0 Å². The van der Waals surface area contributed by atoms with E-state index >= 15 is 0 Å². The van der Waals surface area contributed by atoms with Crippen LogP contribution in [0.2, 0.25) is 0 Å². The van der Waals surface area contributed by atoms with Gasteiger partial charge in [0.05, 0.1) is 11.7 Å². The first-order valence-electron chi connectivity index (χ1n) is 4.76. The average Bonchev–Trinajstić information content (AvgIpc) is 2.55. The van der Waals surface area contributed by atoms with Crippen LogP contribution in [0.25, 0.3) is 0 Å². The van der Waals surface area contributed by atoms with Gasteiger partial charge >= 0.3 is 0 Å². The molecule has 1 rings (SSSR count). The minimum Gasteiger partial charge on any atom is -0.368 e. The Labute approximate surface area is 84.7 Å². The Kier molecular flexibility index (Phi) is 3.51. The van der Waals surface area contributed by atoms with E-state index in [1.165, 1.54) is 5.56 Å². The molecular formula is C11H18OS. The number of hydrogen-bond donors (Lipinski definition) is 0. The Morgan fingerprint density at radius 1 is 1.54 bits per heavy atom. The quantitative estimate of drug-likeness (QED) is 0.715. The van der Waals surface area contributed by atoms with Crippen molar-refractivity contribution in [3.05, 3.63) is 22.4 Å².